The molecule has 0 bridgehead atoms. The number of H-pyrrole nitrogens is 2. The van der Waals surface area contributed by atoms with Crippen LogP contribution in [0.3, 0.4) is 0 Å². The van der Waals surface area contributed by atoms with Crippen LogP contribution in [-0.4, -0.2) is 91.9 Å². The van der Waals surface area contributed by atoms with Gasteiger partial charge in [0.05, 0.1) is 35.9 Å². The van der Waals surface area contributed by atoms with Gasteiger partial charge in [0.2, 0.25) is 11.8 Å². The SMILES string of the molecule is CCN(CC)[C@@H](C(=O)N1CCC[C@H]1c1ncc(-c2ccc(-c3ccc(-c4cnc([C@@H]5CCCN5C(=O)[C@@H]5CC[C@H](OC(=O)NC)C5)[nH]4)cc3)cc2)[nH]1)c1ccccc1. The molecule has 0 radical (unpaired) electrons. The van der Waals surface area contributed by atoms with E-state index >= 15 is 0 Å². The van der Waals surface area contributed by atoms with Gasteiger partial charge in [-0.15, -0.1) is 0 Å². The molecule has 0 spiro atoms. The van der Waals surface area contributed by atoms with Gasteiger partial charge >= 0.3 is 6.09 Å². The number of nitrogens with zero attached hydrogens (tertiary/aromatic N) is 5. The zero-order valence-electron chi connectivity index (χ0n) is 33.7. The number of nitrogens with one attached hydrogen (secondary N) is 3. The fourth-order valence-corrected chi connectivity index (χ4v) is 9.23. The first-order chi connectivity index (χ1) is 28.3. The number of benzene rings is 3. The van der Waals surface area contributed by atoms with Gasteiger partial charge in [0.1, 0.15) is 23.8 Å². The Hall–Kier alpha value is -5.75. The number of aromatic amines is 2. The van der Waals surface area contributed by atoms with Gasteiger partial charge in [-0.25, -0.2) is 14.8 Å². The van der Waals surface area contributed by atoms with E-state index in [1.807, 2.05) is 40.4 Å². The van der Waals surface area contributed by atoms with E-state index in [-0.39, 0.29) is 42.0 Å². The highest BCUT2D eigenvalue weighted by atomic mass is 16.6. The fraction of sp³-hybridized carbons (Fsp3) is 0.413. The van der Waals surface area contributed by atoms with Gasteiger partial charge in [-0.3, -0.25) is 14.5 Å². The standard InChI is InChI=1S/C46H54N8O4/c1-4-52(5-2)41(34-11-7-6-8-12-34)45(56)54-26-10-14-40(54)43-49-29-38(51-43)33-21-17-31(18-22-33)30-15-19-32(20-16-30)37-28-48-42(50-37)39-13-9-25-53(39)44(55)35-23-24-36(27-35)58-46(57)47-3/h6-8,11-12,15-22,28-29,35-36,39-41H,4-5,9-10,13-14,23-27H2,1-3H3,(H,47,57)(H,48,50)(H,49,51)/t35-,36+,39+,40+,41-/m1/s1. The Bertz CT molecular complexity index is 2180. The molecule has 8 rings (SSSR count). The Morgan fingerprint density at radius 1 is 0.741 bits per heavy atom. The number of carbonyl (C=O) groups is 3. The van der Waals surface area contributed by atoms with Crippen molar-refractivity contribution in [2.75, 3.05) is 33.2 Å². The summed E-state index contributed by atoms with van der Waals surface area (Å²) in [5.41, 5.74) is 7.14. The van der Waals surface area contributed by atoms with Crippen molar-refractivity contribution in [3.05, 3.63) is 108 Å². The van der Waals surface area contributed by atoms with E-state index in [1.165, 1.54) is 0 Å². The van der Waals surface area contributed by atoms with Crippen molar-refractivity contribution < 1.29 is 19.1 Å². The summed E-state index contributed by atoms with van der Waals surface area (Å²) in [6, 6.07) is 26.5. The summed E-state index contributed by atoms with van der Waals surface area (Å²) in [6.45, 7) is 7.25. The molecule has 0 unspecified atom stereocenters. The topological polar surface area (TPSA) is 140 Å². The van der Waals surface area contributed by atoms with E-state index in [9.17, 15) is 14.4 Å². The Labute approximate surface area is 340 Å². The summed E-state index contributed by atoms with van der Waals surface area (Å²) in [5, 5.41) is 2.49. The van der Waals surface area contributed by atoms with Crippen LogP contribution in [-0.2, 0) is 14.3 Å². The van der Waals surface area contributed by atoms with E-state index < -0.39 is 6.09 Å². The van der Waals surface area contributed by atoms with Gasteiger partial charge < -0.3 is 29.8 Å². The summed E-state index contributed by atoms with van der Waals surface area (Å²) in [7, 11) is 1.54. The van der Waals surface area contributed by atoms with Crippen molar-refractivity contribution >= 4 is 17.9 Å². The molecule has 58 heavy (non-hydrogen) atoms. The van der Waals surface area contributed by atoms with E-state index in [0.29, 0.717) is 19.4 Å². The maximum absolute atomic E-state index is 14.2. The number of imidazole rings is 2. The molecule has 302 valence electrons. The van der Waals surface area contributed by atoms with Crippen molar-refractivity contribution in [1.82, 2.24) is 40.0 Å². The second-order valence-corrected chi connectivity index (χ2v) is 15.7. The highest BCUT2D eigenvalue weighted by Gasteiger charge is 2.40. The Morgan fingerprint density at radius 2 is 1.28 bits per heavy atom. The van der Waals surface area contributed by atoms with Crippen LogP contribution in [0.25, 0.3) is 33.6 Å². The summed E-state index contributed by atoms with van der Waals surface area (Å²) < 4.78 is 5.43. The Kier molecular flexibility index (Phi) is 11.7. The number of likely N-dealkylation sites (tertiary alicyclic amines) is 2. The van der Waals surface area contributed by atoms with Gasteiger partial charge in [0.15, 0.2) is 0 Å². The molecular formula is C46H54N8O4. The highest BCUT2D eigenvalue weighted by molar-refractivity contribution is 5.84. The lowest BCUT2D eigenvalue weighted by atomic mass is 10.0. The minimum absolute atomic E-state index is 0.0887. The summed E-state index contributed by atoms with van der Waals surface area (Å²) in [6.07, 6.45) is 8.68. The van der Waals surface area contributed by atoms with Crippen LogP contribution in [0.2, 0.25) is 0 Å². The first-order valence-corrected chi connectivity index (χ1v) is 20.9. The smallest absolute Gasteiger partial charge is 0.407 e. The lowest BCUT2D eigenvalue weighted by Gasteiger charge is -2.34. The zero-order chi connectivity index (χ0) is 40.2. The first kappa shape index (κ1) is 39.1. The van der Waals surface area contributed by atoms with Crippen molar-refractivity contribution in [2.45, 2.75) is 83.0 Å². The minimum Gasteiger partial charge on any atom is -0.446 e. The molecule has 3 aliphatic rings. The second-order valence-electron chi connectivity index (χ2n) is 15.7. The van der Waals surface area contributed by atoms with Gasteiger partial charge in [-0.2, -0.15) is 0 Å². The second kappa shape index (κ2) is 17.4. The number of hydrogen-bond acceptors (Lipinski definition) is 7. The van der Waals surface area contributed by atoms with Gasteiger partial charge in [0, 0.05) is 26.1 Å². The molecule has 4 heterocycles. The average molecular weight is 783 g/mol. The van der Waals surface area contributed by atoms with E-state index in [0.717, 1.165) is 103 Å². The molecule has 3 N–H and O–H groups in total. The number of alkyl carbamates (subject to hydrolysis) is 1. The van der Waals surface area contributed by atoms with E-state index in [4.69, 9.17) is 14.7 Å². The molecule has 2 aromatic heterocycles. The number of rotatable bonds is 12. The normalized spacial score (nSPS) is 21.1. The molecule has 1 aliphatic carbocycles. The third-order valence-electron chi connectivity index (χ3n) is 12.4. The first-order valence-electron chi connectivity index (χ1n) is 20.9. The minimum atomic E-state index is -0.447. The lowest BCUT2D eigenvalue weighted by molar-refractivity contribution is -0.138. The summed E-state index contributed by atoms with van der Waals surface area (Å²) >= 11 is 0. The average Bonchev–Trinajstić information content (AvgIpc) is 4.12. The van der Waals surface area contributed by atoms with Crippen LogP contribution in [0.1, 0.15) is 94.1 Å². The molecule has 5 aromatic rings. The predicted octanol–water partition coefficient (Wildman–Crippen LogP) is 8.07. The molecule has 12 heteroatoms. The summed E-state index contributed by atoms with van der Waals surface area (Å²) in [5.74, 6) is 1.76. The van der Waals surface area contributed by atoms with Crippen molar-refractivity contribution in [3.8, 4) is 33.6 Å². The maximum Gasteiger partial charge on any atom is 0.407 e. The van der Waals surface area contributed by atoms with Crippen LogP contribution in [0.4, 0.5) is 4.79 Å². The fourth-order valence-electron chi connectivity index (χ4n) is 9.23. The molecule has 2 aliphatic heterocycles. The molecule has 3 aromatic carbocycles. The van der Waals surface area contributed by atoms with Crippen LogP contribution in [0.5, 0.6) is 0 Å². The van der Waals surface area contributed by atoms with Crippen LogP contribution < -0.4 is 5.32 Å². The summed E-state index contributed by atoms with van der Waals surface area (Å²) in [4.78, 5) is 62.3. The monoisotopic (exact) mass is 782 g/mol. The predicted molar refractivity (Wildman–Crippen MR) is 223 cm³/mol. The molecular weight excluding hydrogens is 729 g/mol. The number of carbonyl (C=O) groups excluding carboxylic acids is 3. The molecule has 2 saturated heterocycles. The molecule has 12 nitrogen and oxygen atoms in total. The van der Waals surface area contributed by atoms with Crippen LogP contribution in [0, 0.1) is 5.92 Å². The van der Waals surface area contributed by atoms with Gasteiger partial charge in [-0.05, 0) is 85.9 Å². The van der Waals surface area contributed by atoms with Gasteiger partial charge in [0.25, 0.3) is 0 Å². The Morgan fingerprint density at radius 3 is 1.83 bits per heavy atom. The number of amides is 3. The molecule has 1 saturated carbocycles. The quantitative estimate of drug-likeness (QED) is 0.116. The molecule has 3 fully saturated rings. The number of aromatic nitrogens is 4. The van der Waals surface area contributed by atoms with E-state index in [2.05, 4.69) is 94.7 Å². The Balaban J connectivity index is 0.906. The van der Waals surface area contributed by atoms with Crippen molar-refractivity contribution in [2.24, 2.45) is 5.92 Å². The maximum atomic E-state index is 14.2. The van der Waals surface area contributed by atoms with Gasteiger partial charge in [-0.1, -0.05) is 92.7 Å². The van der Waals surface area contributed by atoms with E-state index in [1.54, 1.807) is 7.05 Å². The van der Waals surface area contributed by atoms with Crippen molar-refractivity contribution in [1.29, 1.82) is 0 Å². The number of hydrogen-bond donors (Lipinski definition) is 3. The lowest BCUT2D eigenvalue weighted by Crippen LogP contribution is -2.43. The number of likely N-dealkylation sites (N-methyl/N-ethyl adjacent to an activating group) is 1. The molecule has 5 atom stereocenters. The third kappa shape index (κ3) is 8.02. The number of ether oxygens (including phenoxy) is 1. The molecule has 3 amide bonds. The van der Waals surface area contributed by atoms with Crippen LogP contribution >= 0.6 is 0 Å². The highest BCUT2D eigenvalue weighted by Crippen LogP contribution is 2.38. The van der Waals surface area contributed by atoms with Crippen molar-refractivity contribution in [3.63, 3.8) is 0 Å². The third-order valence-corrected chi connectivity index (χ3v) is 12.4. The largest absolute Gasteiger partial charge is 0.446 e. The zero-order valence-corrected chi connectivity index (χ0v) is 33.7. The van der Waals surface area contributed by atoms with Crippen LogP contribution in [0.15, 0.2) is 91.3 Å².